The van der Waals surface area contributed by atoms with Crippen LogP contribution in [0, 0.1) is 0 Å². The smallest absolute Gasteiger partial charge is 0.328 e. The number of anilines is 1. The topological polar surface area (TPSA) is 79.3 Å². The van der Waals surface area contributed by atoms with Crippen molar-refractivity contribution >= 4 is 28.3 Å². The number of hydrogen-bond acceptors (Lipinski definition) is 4. The second-order valence-electron chi connectivity index (χ2n) is 4.45. The maximum atomic E-state index is 11.3. The molecule has 0 aliphatic carbocycles. The fourth-order valence-electron chi connectivity index (χ4n) is 0.970. The lowest BCUT2D eigenvalue weighted by Crippen LogP contribution is -2.13. The minimum Gasteiger partial charge on any atom is -0.478 e. The summed E-state index contributed by atoms with van der Waals surface area (Å²) in [7, 11) is 0. The normalized spacial score (nSPS) is 11.7. The van der Waals surface area contributed by atoms with Crippen molar-refractivity contribution in [2.75, 3.05) is 5.32 Å². The molecule has 92 valence electrons. The largest absolute Gasteiger partial charge is 0.478 e. The highest BCUT2D eigenvalue weighted by atomic mass is 32.1. The second kappa shape index (κ2) is 5.09. The van der Waals surface area contributed by atoms with Crippen LogP contribution in [0.4, 0.5) is 5.13 Å². The number of nitrogens with zero attached hydrogens (tertiary/aromatic N) is 1. The summed E-state index contributed by atoms with van der Waals surface area (Å²) >= 11 is 1.31. The molecule has 1 aromatic rings. The summed E-state index contributed by atoms with van der Waals surface area (Å²) in [5.41, 5.74) is 0.816. The number of carbonyl (C=O) groups is 2. The predicted octanol–water partition coefficient (Wildman–Crippen LogP) is 2.02. The van der Waals surface area contributed by atoms with E-state index in [4.69, 9.17) is 5.11 Å². The van der Waals surface area contributed by atoms with Crippen LogP contribution in [0.1, 0.15) is 26.5 Å². The number of hydrogen-bond donors (Lipinski definition) is 2. The van der Waals surface area contributed by atoms with E-state index in [1.165, 1.54) is 11.3 Å². The van der Waals surface area contributed by atoms with Crippen LogP contribution in [0.2, 0.25) is 0 Å². The highest BCUT2D eigenvalue weighted by molar-refractivity contribution is 7.14. The lowest BCUT2D eigenvalue weighted by Gasteiger charge is -2.14. The van der Waals surface area contributed by atoms with Gasteiger partial charge in [0.15, 0.2) is 5.13 Å². The SMILES string of the molecule is CC(C)(C)c1csc(NC(=O)/C=C/C(=O)O)n1. The molecule has 5 nitrogen and oxygen atoms in total. The monoisotopic (exact) mass is 254 g/mol. The van der Waals surface area contributed by atoms with E-state index in [1.54, 1.807) is 0 Å². The second-order valence-corrected chi connectivity index (χ2v) is 5.31. The van der Waals surface area contributed by atoms with Gasteiger partial charge in [0.1, 0.15) is 0 Å². The molecule has 1 aromatic heterocycles. The molecule has 0 saturated carbocycles. The quantitative estimate of drug-likeness (QED) is 0.809. The molecule has 2 N–H and O–H groups in total. The van der Waals surface area contributed by atoms with Gasteiger partial charge in [0.25, 0.3) is 0 Å². The Bertz CT molecular complexity index is 458. The number of aromatic nitrogens is 1. The van der Waals surface area contributed by atoms with Gasteiger partial charge in [-0.1, -0.05) is 20.8 Å². The zero-order valence-electron chi connectivity index (χ0n) is 9.85. The van der Waals surface area contributed by atoms with Crippen LogP contribution in [0.25, 0.3) is 0 Å². The van der Waals surface area contributed by atoms with Crippen LogP contribution >= 0.6 is 11.3 Å². The Morgan fingerprint density at radius 3 is 2.53 bits per heavy atom. The number of aliphatic carboxylic acids is 1. The van der Waals surface area contributed by atoms with Crippen molar-refractivity contribution < 1.29 is 14.7 Å². The van der Waals surface area contributed by atoms with Crippen LogP contribution in [0.5, 0.6) is 0 Å². The Morgan fingerprint density at radius 1 is 1.41 bits per heavy atom. The molecule has 0 spiro atoms. The van der Waals surface area contributed by atoms with Gasteiger partial charge in [-0.05, 0) is 0 Å². The number of carbonyl (C=O) groups excluding carboxylic acids is 1. The Morgan fingerprint density at radius 2 is 2.06 bits per heavy atom. The molecule has 0 aromatic carbocycles. The molecule has 17 heavy (non-hydrogen) atoms. The average Bonchev–Trinajstić information content (AvgIpc) is 2.62. The standard InChI is InChI=1S/C11H14N2O3S/c1-11(2,3)7-6-17-10(12-7)13-8(14)4-5-9(15)16/h4-6H,1-3H3,(H,15,16)(H,12,13,14)/b5-4+. The van der Waals surface area contributed by atoms with Crippen LogP contribution < -0.4 is 5.32 Å². The molecular weight excluding hydrogens is 240 g/mol. The highest BCUT2D eigenvalue weighted by Crippen LogP contribution is 2.26. The van der Waals surface area contributed by atoms with Crippen molar-refractivity contribution in [1.82, 2.24) is 4.98 Å². The predicted molar refractivity (Wildman–Crippen MR) is 66.2 cm³/mol. The first-order chi connectivity index (χ1) is 7.79. The van der Waals surface area contributed by atoms with E-state index in [1.807, 2.05) is 26.2 Å². The van der Waals surface area contributed by atoms with Crippen molar-refractivity contribution in [1.29, 1.82) is 0 Å². The van der Waals surface area contributed by atoms with Crippen LogP contribution in [0.3, 0.4) is 0 Å². The van der Waals surface area contributed by atoms with Gasteiger partial charge in [-0.2, -0.15) is 0 Å². The summed E-state index contributed by atoms with van der Waals surface area (Å²) in [6, 6.07) is 0. The molecule has 1 amide bonds. The molecule has 0 saturated heterocycles. The van der Waals surface area contributed by atoms with E-state index in [0.717, 1.165) is 17.8 Å². The van der Waals surface area contributed by atoms with Gasteiger partial charge in [0, 0.05) is 22.9 Å². The van der Waals surface area contributed by atoms with Gasteiger partial charge >= 0.3 is 5.97 Å². The van der Waals surface area contributed by atoms with Crippen LogP contribution in [0.15, 0.2) is 17.5 Å². The van der Waals surface area contributed by atoms with E-state index >= 15 is 0 Å². The molecule has 6 heteroatoms. The van der Waals surface area contributed by atoms with E-state index in [0.29, 0.717) is 5.13 Å². The Hall–Kier alpha value is -1.69. The van der Waals surface area contributed by atoms with Crippen molar-refractivity contribution in [3.05, 3.63) is 23.2 Å². The zero-order chi connectivity index (χ0) is 13.1. The number of amides is 1. The lowest BCUT2D eigenvalue weighted by molar-refractivity contribution is -0.131. The molecular formula is C11H14N2O3S. The fourth-order valence-corrected chi connectivity index (χ4v) is 1.91. The lowest BCUT2D eigenvalue weighted by atomic mass is 9.93. The molecule has 0 radical (unpaired) electrons. The molecule has 0 fully saturated rings. The molecule has 0 atom stereocenters. The zero-order valence-corrected chi connectivity index (χ0v) is 10.7. The molecule has 0 bridgehead atoms. The number of rotatable bonds is 3. The van der Waals surface area contributed by atoms with Crippen molar-refractivity contribution in [2.24, 2.45) is 0 Å². The summed E-state index contributed by atoms with van der Waals surface area (Å²) < 4.78 is 0. The number of carboxylic acid groups (broad SMARTS) is 1. The molecule has 0 unspecified atom stereocenters. The minimum absolute atomic E-state index is 0.0730. The van der Waals surface area contributed by atoms with Crippen LogP contribution in [-0.4, -0.2) is 22.0 Å². The fraction of sp³-hybridized carbons (Fsp3) is 0.364. The van der Waals surface area contributed by atoms with Crippen molar-refractivity contribution in [2.45, 2.75) is 26.2 Å². The molecule has 0 aliphatic heterocycles. The first-order valence-corrected chi connectivity index (χ1v) is 5.85. The van der Waals surface area contributed by atoms with Gasteiger partial charge in [-0.25, -0.2) is 9.78 Å². The van der Waals surface area contributed by atoms with Crippen LogP contribution in [-0.2, 0) is 15.0 Å². The van der Waals surface area contributed by atoms with Gasteiger partial charge < -0.3 is 5.11 Å². The molecule has 1 rings (SSSR count). The third-order valence-electron chi connectivity index (χ3n) is 1.88. The number of carboxylic acids is 1. The molecule has 1 heterocycles. The summed E-state index contributed by atoms with van der Waals surface area (Å²) in [5.74, 6) is -1.66. The maximum Gasteiger partial charge on any atom is 0.328 e. The minimum atomic E-state index is -1.16. The van der Waals surface area contributed by atoms with E-state index in [9.17, 15) is 9.59 Å². The summed E-state index contributed by atoms with van der Waals surface area (Å²) in [5, 5.41) is 13.2. The number of nitrogens with one attached hydrogen (secondary N) is 1. The summed E-state index contributed by atoms with van der Waals surface area (Å²) in [6.07, 6.45) is 1.74. The molecule has 0 aliphatic rings. The first kappa shape index (κ1) is 13.4. The van der Waals surface area contributed by atoms with Gasteiger partial charge in [0.2, 0.25) is 5.91 Å². The van der Waals surface area contributed by atoms with Crippen molar-refractivity contribution in [3.63, 3.8) is 0 Å². The van der Waals surface area contributed by atoms with E-state index < -0.39 is 11.9 Å². The first-order valence-electron chi connectivity index (χ1n) is 4.97. The van der Waals surface area contributed by atoms with Crippen molar-refractivity contribution in [3.8, 4) is 0 Å². The Labute approximate surface area is 103 Å². The van der Waals surface area contributed by atoms with Gasteiger partial charge in [-0.15, -0.1) is 11.3 Å². The highest BCUT2D eigenvalue weighted by Gasteiger charge is 2.17. The number of thiazole rings is 1. The Balaban J connectivity index is 2.67. The van der Waals surface area contributed by atoms with Gasteiger partial charge in [0.05, 0.1) is 5.69 Å². The maximum absolute atomic E-state index is 11.3. The Kier molecular flexibility index (Phi) is 4.01. The van der Waals surface area contributed by atoms with E-state index in [2.05, 4.69) is 10.3 Å². The third-order valence-corrected chi connectivity index (χ3v) is 2.64. The summed E-state index contributed by atoms with van der Waals surface area (Å²) in [4.78, 5) is 25.7. The van der Waals surface area contributed by atoms with E-state index in [-0.39, 0.29) is 5.41 Å². The average molecular weight is 254 g/mol. The third kappa shape index (κ3) is 4.36. The van der Waals surface area contributed by atoms with Gasteiger partial charge in [-0.3, -0.25) is 10.1 Å². The summed E-state index contributed by atoms with van der Waals surface area (Å²) in [6.45, 7) is 6.08.